The Labute approximate surface area is 121 Å². The van der Waals surface area contributed by atoms with Gasteiger partial charge >= 0.3 is 0 Å². The molecular weight excluding hydrogens is 274 g/mol. The van der Waals surface area contributed by atoms with E-state index in [0.29, 0.717) is 25.7 Å². The van der Waals surface area contributed by atoms with Gasteiger partial charge in [0.15, 0.2) is 0 Å². The first kappa shape index (κ1) is 15.4. The van der Waals surface area contributed by atoms with E-state index in [2.05, 4.69) is 4.90 Å². The van der Waals surface area contributed by atoms with Gasteiger partial charge < -0.3 is 10.6 Å². The van der Waals surface area contributed by atoms with Crippen LogP contribution in [-0.4, -0.2) is 50.8 Å². The molecule has 1 aromatic rings. The van der Waals surface area contributed by atoms with E-state index in [4.69, 9.17) is 5.73 Å². The highest BCUT2D eigenvalue weighted by atomic mass is 32.2. The second-order valence-electron chi connectivity index (χ2n) is 5.49. The second-order valence-corrected chi connectivity index (χ2v) is 7.46. The van der Waals surface area contributed by atoms with Gasteiger partial charge in [-0.25, -0.2) is 12.7 Å². The Morgan fingerprint density at radius 2 is 1.95 bits per heavy atom. The first-order valence-corrected chi connectivity index (χ1v) is 8.46. The Balaban J connectivity index is 2.12. The molecule has 0 aliphatic carbocycles. The topological polar surface area (TPSA) is 66.6 Å². The zero-order chi connectivity index (χ0) is 14.8. The maximum atomic E-state index is 12.5. The second kappa shape index (κ2) is 6.22. The minimum Gasteiger partial charge on any atom is -0.326 e. The third-order valence-corrected chi connectivity index (χ3v) is 5.72. The lowest BCUT2D eigenvalue weighted by atomic mass is 10.1. The van der Waals surface area contributed by atoms with Crippen molar-refractivity contribution in [1.82, 2.24) is 9.21 Å². The van der Waals surface area contributed by atoms with Gasteiger partial charge in [-0.1, -0.05) is 24.3 Å². The molecule has 0 aromatic heterocycles. The maximum Gasteiger partial charge on any atom is 0.218 e. The summed E-state index contributed by atoms with van der Waals surface area (Å²) in [4.78, 5) is 2.09. The van der Waals surface area contributed by atoms with E-state index in [1.54, 1.807) is 4.31 Å². The fraction of sp³-hybridized carbons (Fsp3) is 0.571. The first-order valence-electron chi connectivity index (χ1n) is 6.85. The van der Waals surface area contributed by atoms with Crippen molar-refractivity contribution in [2.24, 2.45) is 5.73 Å². The van der Waals surface area contributed by atoms with Crippen LogP contribution in [0.3, 0.4) is 0 Å². The quantitative estimate of drug-likeness (QED) is 0.865. The lowest BCUT2D eigenvalue weighted by Crippen LogP contribution is -2.35. The Kier molecular flexibility index (Phi) is 4.80. The standard InChI is InChI=1S/C14H23N3O2S/c1-16(2)14-7-8-17(10-14)20(18,19)11-13-6-4-3-5-12(13)9-15/h3-6,14H,7-11,15H2,1-2H3. The smallest absolute Gasteiger partial charge is 0.218 e. The van der Waals surface area contributed by atoms with Crippen LogP contribution in [0.5, 0.6) is 0 Å². The molecule has 6 heteroatoms. The van der Waals surface area contributed by atoms with Crippen LogP contribution in [0, 0.1) is 0 Å². The van der Waals surface area contributed by atoms with Gasteiger partial charge in [-0.05, 0) is 31.6 Å². The summed E-state index contributed by atoms with van der Waals surface area (Å²) >= 11 is 0. The fourth-order valence-corrected chi connectivity index (χ4v) is 4.21. The average Bonchev–Trinajstić information content (AvgIpc) is 2.89. The average molecular weight is 297 g/mol. The van der Waals surface area contributed by atoms with Crippen LogP contribution < -0.4 is 5.73 Å². The van der Waals surface area contributed by atoms with Crippen molar-refractivity contribution in [2.75, 3.05) is 27.2 Å². The molecule has 20 heavy (non-hydrogen) atoms. The molecule has 1 saturated heterocycles. The molecule has 1 heterocycles. The van der Waals surface area contributed by atoms with E-state index in [-0.39, 0.29) is 5.75 Å². The van der Waals surface area contributed by atoms with Gasteiger partial charge in [0.25, 0.3) is 0 Å². The third kappa shape index (κ3) is 3.38. The third-order valence-electron chi connectivity index (χ3n) is 3.93. The van der Waals surface area contributed by atoms with E-state index in [1.807, 2.05) is 38.4 Å². The van der Waals surface area contributed by atoms with Crippen LogP contribution in [0.1, 0.15) is 17.5 Å². The number of likely N-dealkylation sites (N-methyl/N-ethyl adjacent to an activating group) is 1. The van der Waals surface area contributed by atoms with Crippen molar-refractivity contribution in [1.29, 1.82) is 0 Å². The molecule has 0 amide bonds. The normalized spacial score (nSPS) is 20.7. The Morgan fingerprint density at radius 3 is 2.50 bits per heavy atom. The van der Waals surface area contributed by atoms with Crippen molar-refractivity contribution >= 4 is 10.0 Å². The number of hydrogen-bond acceptors (Lipinski definition) is 4. The van der Waals surface area contributed by atoms with E-state index in [9.17, 15) is 8.42 Å². The molecule has 1 aromatic carbocycles. The summed E-state index contributed by atoms with van der Waals surface area (Å²) in [5, 5.41) is 0. The zero-order valence-corrected chi connectivity index (χ0v) is 12.9. The summed E-state index contributed by atoms with van der Waals surface area (Å²) in [6, 6.07) is 7.79. The minimum atomic E-state index is -3.26. The van der Waals surface area contributed by atoms with Gasteiger partial charge in [0.1, 0.15) is 0 Å². The van der Waals surface area contributed by atoms with Crippen LogP contribution in [0.2, 0.25) is 0 Å². The van der Waals surface area contributed by atoms with Gasteiger partial charge in [-0.2, -0.15) is 0 Å². The molecule has 0 saturated carbocycles. The SMILES string of the molecule is CN(C)C1CCN(S(=O)(=O)Cc2ccccc2CN)C1. The molecule has 0 bridgehead atoms. The molecule has 1 fully saturated rings. The number of benzene rings is 1. The van der Waals surface area contributed by atoms with Gasteiger partial charge in [-0.15, -0.1) is 0 Å². The summed E-state index contributed by atoms with van der Waals surface area (Å²) in [5.41, 5.74) is 7.38. The number of rotatable bonds is 5. The molecule has 2 rings (SSSR count). The fourth-order valence-electron chi connectivity index (χ4n) is 2.57. The molecule has 1 aliphatic rings. The lowest BCUT2D eigenvalue weighted by Gasteiger charge is -2.20. The summed E-state index contributed by atoms with van der Waals surface area (Å²) in [6.45, 7) is 1.56. The maximum absolute atomic E-state index is 12.5. The largest absolute Gasteiger partial charge is 0.326 e. The highest BCUT2D eigenvalue weighted by Gasteiger charge is 2.32. The molecule has 112 valence electrons. The monoisotopic (exact) mass is 297 g/mol. The number of nitrogens with two attached hydrogens (primary N) is 1. The van der Waals surface area contributed by atoms with E-state index in [1.165, 1.54) is 0 Å². The molecular formula is C14H23N3O2S. The summed E-state index contributed by atoms with van der Waals surface area (Å²) in [7, 11) is 0.720. The molecule has 0 radical (unpaired) electrons. The van der Waals surface area contributed by atoms with E-state index in [0.717, 1.165) is 17.5 Å². The predicted molar refractivity (Wildman–Crippen MR) is 80.6 cm³/mol. The van der Waals surface area contributed by atoms with Crippen molar-refractivity contribution in [3.05, 3.63) is 35.4 Å². The molecule has 1 unspecified atom stereocenters. The summed E-state index contributed by atoms with van der Waals surface area (Å²) < 4.78 is 26.6. The Hall–Kier alpha value is -0.950. The Bertz CT molecular complexity index is 557. The highest BCUT2D eigenvalue weighted by molar-refractivity contribution is 7.88. The van der Waals surface area contributed by atoms with Gasteiger partial charge in [0.05, 0.1) is 5.75 Å². The molecule has 1 atom stereocenters. The molecule has 5 nitrogen and oxygen atoms in total. The predicted octanol–water partition coefficient (Wildman–Crippen LogP) is 0.611. The van der Waals surface area contributed by atoms with Crippen LogP contribution in [-0.2, 0) is 22.3 Å². The van der Waals surface area contributed by atoms with Crippen LogP contribution in [0.25, 0.3) is 0 Å². The van der Waals surface area contributed by atoms with Crippen molar-refractivity contribution in [3.8, 4) is 0 Å². The zero-order valence-electron chi connectivity index (χ0n) is 12.1. The molecule has 2 N–H and O–H groups in total. The van der Waals surface area contributed by atoms with Gasteiger partial charge in [-0.3, -0.25) is 0 Å². The van der Waals surface area contributed by atoms with Crippen molar-refractivity contribution < 1.29 is 8.42 Å². The minimum absolute atomic E-state index is 0.0422. The highest BCUT2D eigenvalue weighted by Crippen LogP contribution is 2.21. The van der Waals surface area contributed by atoms with Crippen LogP contribution >= 0.6 is 0 Å². The molecule has 1 aliphatic heterocycles. The van der Waals surface area contributed by atoms with Crippen LogP contribution in [0.4, 0.5) is 0 Å². The van der Waals surface area contributed by atoms with E-state index >= 15 is 0 Å². The van der Waals surface area contributed by atoms with Crippen molar-refractivity contribution in [3.63, 3.8) is 0 Å². The number of hydrogen-bond donors (Lipinski definition) is 1. The number of nitrogens with zero attached hydrogens (tertiary/aromatic N) is 2. The molecule has 0 spiro atoms. The first-order chi connectivity index (χ1) is 9.44. The van der Waals surface area contributed by atoms with E-state index < -0.39 is 10.0 Å². The lowest BCUT2D eigenvalue weighted by molar-refractivity contribution is 0.302. The van der Waals surface area contributed by atoms with Crippen molar-refractivity contribution in [2.45, 2.75) is 24.8 Å². The Morgan fingerprint density at radius 1 is 1.30 bits per heavy atom. The van der Waals surface area contributed by atoms with Crippen LogP contribution in [0.15, 0.2) is 24.3 Å². The van der Waals surface area contributed by atoms with Gasteiger partial charge in [0, 0.05) is 25.7 Å². The summed E-state index contributed by atoms with van der Waals surface area (Å²) in [6.07, 6.45) is 0.894. The van der Waals surface area contributed by atoms with Gasteiger partial charge in [0.2, 0.25) is 10.0 Å². The summed E-state index contributed by atoms with van der Waals surface area (Å²) in [5.74, 6) is 0.0422. The number of sulfonamides is 1.